The molecule has 0 aliphatic heterocycles. The molecule has 0 aromatic rings. The molecule has 0 aliphatic rings. The van der Waals surface area contributed by atoms with Crippen molar-refractivity contribution in [2.24, 2.45) is 0 Å². The summed E-state index contributed by atoms with van der Waals surface area (Å²) >= 11 is 0. The van der Waals surface area contributed by atoms with Gasteiger partial charge < -0.3 is 0 Å². The van der Waals surface area contributed by atoms with Crippen LogP contribution in [-0.4, -0.2) is 75.7 Å². The Morgan fingerprint density at radius 2 is 1.00 bits per heavy atom. The van der Waals surface area contributed by atoms with Crippen molar-refractivity contribution < 1.29 is 62.7 Å². The molecule has 0 aliphatic carbocycles. The van der Waals surface area contributed by atoms with E-state index in [9.17, 15) is 0 Å². The Hall–Kier alpha value is 5.35. The molecule has 0 fully saturated rings. The minimum absolute atomic E-state index is 0. The third kappa shape index (κ3) is 22.8. The van der Waals surface area contributed by atoms with Crippen LogP contribution in [0.4, 0.5) is 0 Å². The van der Waals surface area contributed by atoms with E-state index < -0.39 is 0 Å². The summed E-state index contributed by atoms with van der Waals surface area (Å²) in [6.07, 6.45) is 0. The molecular formula is H2ILiNaScTlTm. The van der Waals surface area contributed by atoms with E-state index in [0.717, 1.165) is 0 Å². The van der Waals surface area contributed by atoms with E-state index in [1.54, 1.807) is 0 Å². The minimum Gasteiger partial charge on any atom is 0 e. The van der Waals surface area contributed by atoms with Crippen LogP contribution in [0.3, 0.4) is 0 Å². The Kier molecular flexibility index (Phi) is 224. The number of hydrogen-bond acceptors (Lipinski definition) is 0. The van der Waals surface area contributed by atoms with Crippen LogP contribution in [0.15, 0.2) is 0 Å². The summed E-state index contributed by atoms with van der Waals surface area (Å²) in [7, 11) is 0. The van der Waals surface area contributed by atoms with Gasteiger partial charge in [-0.3, -0.25) is 0 Å². The second kappa shape index (κ2) is 31.6. The summed E-state index contributed by atoms with van der Waals surface area (Å²) in [6, 6.07) is 0. The van der Waals surface area contributed by atoms with Crippen LogP contribution >= 0.6 is 24.0 Å². The zero-order valence-corrected chi connectivity index (χ0v) is 12.0. The second-order valence-corrected chi connectivity index (χ2v) is 0. The molecule has 0 aromatic carbocycles. The average Bonchev–Trinajstić information content (AvgIpc) is 0. The fourth-order valence-electron chi connectivity index (χ4n) is 0. The van der Waals surface area contributed by atoms with Gasteiger partial charge in [0.25, 0.3) is 0 Å². The van der Waals surface area contributed by atoms with Crippen molar-refractivity contribution in [3.05, 3.63) is 0 Å². The Morgan fingerprint density at radius 3 is 1.00 bits per heavy atom. The van der Waals surface area contributed by atoms with Gasteiger partial charge in [0.15, 0.2) is 0 Å². The van der Waals surface area contributed by atoms with Gasteiger partial charge in [0.1, 0.15) is 0 Å². The third-order valence-electron chi connectivity index (χ3n) is 0. The van der Waals surface area contributed by atoms with Crippen LogP contribution in [0.1, 0.15) is 0 Å². The molecule has 4 radical (unpaired) electrons. The van der Waals surface area contributed by atoms with Crippen molar-refractivity contribution in [1.29, 1.82) is 0 Å². The predicted molar refractivity (Wildman–Crippen MR) is 34.1 cm³/mol. The molecule has 0 saturated heterocycles. The van der Waals surface area contributed by atoms with Crippen LogP contribution in [-0.2, 0) is 25.8 Å². The number of rotatable bonds is 0. The van der Waals surface area contributed by atoms with Crippen LogP contribution < -0.4 is 0 Å². The van der Waals surface area contributed by atoms with Crippen molar-refractivity contribution in [2.45, 2.75) is 0 Å². The predicted octanol–water partition coefficient (Wildman–Crippen LogP) is -0.795. The molecule has 0 atom stereocenters. The van der Waals surface area contributed by atoms with Crippen molar-refractivity contribution >= 4 is 99.7 Å². The molecule has 0 rings (SSSR count). The normalized spacial score (nSPS) is 0. The van der Waals surface area contributed by atoms with Gasteiger partial charge in [-0.15, -0.1) is 0 Å². The largest absolute Gasteiger partial charge is 0 e. The van der Waals surface area contributed by atoms with Gasteiger partial charge in [-0.1, -0.05) is 0 Å². The summed E-state index contributed by atoms with van der Waals surface area (Å²) in [6.45, 7) is 0. The summed E-state index contributed by atoms with van der Waals surface area (Å²) in [4.78, 5) is 0. The van der Waals surface area contributed by atoms with Crippen LogP contribution in [0.25, 0.3) is 0 Å². The smallest absolute Gasteiger partial charge is 0 e. The standard InChI is InChI=1S/I.Li.Na.Sc.Tl.Tm.2H. The molecule has 0 bridgehead atoms. The summed E-state index contributed by atoms with van der Waals surface area (Å²) in [5.74, 6) is 0. The second-order valence-electron chi connectivity index (χ2n) is 0. The molecular weight excluding hydrogens is 575 g/mol. The van der Waals surface area contributed by atoms with Gasteiger partial charge in [0.05, 0.1) is 0 Å². The SMILES string of the molecule is [I].[LiH].[NaH].[Sc].[Tl].[Tm]. The summed E-state index contributed by atoms with van der Waals surface area (Å²) < 4.78 is 0. The molecule has 6 heavy (non-hydrogen) atoms. The van der Waals surface area contributed by atoms with Crippen molar-refractivity contribution in [3.8, 4) is 0 Å². The Balaban J connectivity index is 0. The first-order valence-corrected chi connectivity index (χ1v) is 0. The first-order chi connectivity index (χ1) is 0. The zero-order valence-electron chi connectivity index (χ0n) is 1.81. The maximum Gasteiger partial charge on any atom is 0 e. The molecule has 30 valence electrons. The van der Waals surface area contributed by atoms with E-state index in [4.69, 9.17) is 0 Å². The van der Waals surface area contributed by atoms with Gasteiger partial charge >= 0.3 is 48.4 Å². The van der Waals surface area contributed by atoms with Crippen LogP contribution in [0, 0.1) is 36.9 Å². The molecule has 6 heteroatoms. The van der Waals surface area contributed by atoms with Gasteiger partial charge in [0, 0.05) is 114 Å². The van der Waals surface area contributed by atoms with Crippen molar-refractivity contribution in [1.82, 2.24) is 0 Å². The summed E-state index contributed by atoms with van der Waals surface area (Å²) in [5, 5.41) is 0. The molecule has 0 unspecified atom stereocenters. The Morgan fingerprint density at radius 1 is 1.00 bits per heavy atom. The minimum atomic E-state index is 0. The molecule has 0 N–H and O–H groups in total. The van der Waals surface area contributed by atoms with E-state index in [1.165, 1.54) is 0 Å². The molecule has 0 aromatic heterocycles. The number of halogens is 1. The molecule has 0 spiro atoms. The maximum atomic E-state index is 0. The third-order valence-corrected chi connectivity index (χ3v) is 0. The topological polar surface area (TPSA) is 0 Å². The Bertz CT molecular complexity index is 15.5. The van der Waals surface area contributed by atoms with E-state index in [2.05, 4.69) is 0 Å². The van der Waals surface area contributed by atoms with Crippen molar-refractivity contribution in [2.75, 3.05) is 0 Å². The van der Waals surface area contributed by atoms with E-state index in [-0.39, 0.29) is 162 Å². The van der Waals surface area contributed by atoms with Gasteiger partial charge in [-0.2, -0.15) is 0 Å². The molecule has 0 heterocycles. The average molecular weight is 577 g/mol. The first kappa shape index (κ1) is 42.5. The summed E-state index contributed by atoms with van der Waals surface area (Å²) in [5.41, 5.74) is 0. The van der Waals surface area contributed by atoms with E-state index >= 15 is 0 Å². The monoisotopic (exact) mass is 578 g/mol. The molecule has 0 nitrogen and oxygen atoms in total. The van der Waals surface area contributed by atoms with Gasteiger partial charge in [-0.25, -0.2) is 0 Å². The molecule has 0 amide bonds. The Labute approximate surface area is 158 Å². The maximum absolute atomic E-state index is 0. The first-order valence-electron chi connectivity index (χ1n) is 0. The fourth-order valence-corrected chi connectivity index (χ4v) is 0. The van der Waals surface area contributed by atoms with Crippen molar-refractivity contribution in [3.63, 3.8) is 0 Å². The quantitative estimate of drug-likeness (QED) is 0.262. The number of hydrogen-bond donors (Lipinski definition) is 0. The molecule has 0 saturated carbocycles. The fraction of sp³-hybridized carbons (Fsp3) is 0. The van der Waals surface area contributed by atoms with E-state index in [1.807, 2.05) is 0 Å². The van der Waals surface area contributed by atoms with Gasteiger partial charge in [-0.05, 0) is 0 Å². The van der Waals surface area contributed by atoms with E-state index in [0.29, 0.717) is 0 Å². The zero-order chi connectivity index (χ0) is 0. The van der Waals surface area contributed by atoms with Crippen LogP contribution in [0.2, 0.25) is 0 Å². The van der Waals surface area contributed by atoms with Crippen LogP contribution in [0.5, 0.6) is 0 Å². The van der Waals surface area contributed by atoms with Gasteiger partial charge in [0.2, 0.25) is 0 Å².